The molecular weight excluding hydrogens is 313 g/mol. The molecule has 3 nitrogen and oxygen atoms in total. The van der Waals surface area contributed by atoms with Gasteiger partial charge in [-0.15, -0.1) is 0 Å². The molecule has 0 aliphatic rings. The molecule has 0 saturated carbocycles. The van der Waals surface area contributed by atoms with Gasteiger partial charge in [-0.05, 0) is 53.6 Å². The van der Waals surface area contributed by atoms with Crippen LogP contribution in [0.25, 0.3) is 11.0 Å². The van der Waals surface area contributed by atoms with E-state index in [0.717, 1.165) is 23.9 Å². The van der Waals surface area contributed by atoms with Crippen molar-refractivity contribution in [3.63, 3.8) is 0 Å². The Morgan fingerprint density at radius 1 is 1.38 bits per heavy atom. The van der Waals surface area contributed by atoms with Gasteiger partial charge >= 0.3 is 0 Å². The van der Waals surface area contributed by atoms with Gasteiger partial charge in [0.05, 0.1) is 11.0 Å². The average Bonchev–Trinajstić information content (AvgIpc) is 2.57. The SMILES string of the molecule is CCC(CC)n1c(N)nc2cc(I)ccc21. The second-order valence-corrected chi connectivity index (χ2v) is 5.19. The number of hydrogen-bond donors (Lipinski definition) is 1. The fraction of sp³-hybridized carbons (Fsp3) is 0.417. The minimum Gasteiger partial charge on any atom is -0.369 e. The Bertz CT molecular complexity index is 500. The second-order valence-electron chi connectivity index (χ2n) is 3.94. The van der Waals surface area contributed by atoms with Gasteiger partial charge in [0.1, 0.15) is 0 Å². The summed E-state index contributed by atoms with van der Waals surface area (Å²) in [6, 6.07) is 6.73. The summed E-state index contributed by atoms with van der Waals surface area (Å²) in [5.74, 6) is 0.630. The molecule has 2 N–H and O–H groups in total. The molecule has 0 aliphatic heterocycles. The number of anilines is 1. The number of aromatic nitrogens is 2. The Labute approximate surface area is 109 Å². The van der Waals surface area contributed by atoms with Crippen molar-refractivity contribution in [1.82, 2.24) is 9.55 Å². The highest BCUT2D eigenvalue weighted by atomic mass is 127. The van der Waals surface area contributed by atoms with Crippen LogP contribution in [0.1, 0.15) is 32.7 Å². The van der Waals surface area contributed by atoms with Crippen LogP contribution in [0, 0.1) is 3.57 Å². The Hall–Kier alpha value is -0.780. The predicted molar refractivity (Wildman–Crippen MR) is 76.5 cm³/mol. The van der Waals surface area contributed by atoms with E-state index in [1.165, 1.54) is 3.57 Å². The monoisotopic (exact) mass is 329 g/mol. The van der Waals surface area contributed by atoms with Gasteiger partial charge in [-0.25, -0.2) is 4.98 Å². The van der Waals surface area contributed by atoms with Crippen LogP contribution in [0.5, 0.6) is 0 Å². The molecule has 4 heteroatoms. The largest absolute Gasteiger partial charge is 0.369 e. The summed E-state index contributed by atoms with van der Waals surface area (Å²) in [7, 11) is 0. The molecule has 0 radical (unpaired) electrons. The number of fused-ring (bicyclic) bond motifs is 1. The fourth-order valence-corrected chi connectivity index (χ4v) is 2.60. The molecule has 1 aromatic heterocycles. The lowest BCUT2D eigenvalue weighted by molar-refractivity contribution is 0.489. The fourth-order valence-electron chi connectivity index (χ4n) is 2.13. The zero-order valence-corrected chi connectivity index (χ0v) is 11.7. The number of benzene rings is 1. The highest BCUT2D eigenvalue weighted by Crippen LogP contribution is 2.27. The first kappa shape index (κ1) is 11.7. The van der Waals surface area contributed by atoms with Crippen LogP contribution < -0.4 is 5.73 Å². The number of halogens is 1. The van der Waals surface area contributed by atoms with E-state index in [1.807, 2.05) is 0 Å². The average molecular weight is 329 g/mol. The Morgan fingerprint density at radius 3 is 2.69 bits per heavy atom. The molecule has 0 aliphatic carbocycles. The van der Waals surface area contributed by atoms with E-state index in [0.29, 0.717) is 12.0 Å². The van der Waals surface area contributed by atoms with Gasteiger partial charge in [0.15, 0.2) is 0 Å². The van der Waals surface area contributed by atoms with Crippen molar-refractivity contribution in [2.45, 2.75) is 32.7 Å². The van der Waals surface area contributed by atoms with Crippen molar-refractivity contribution >= 4 is 39.6 Å². The van der Waals surface area contributed by atoms with Gasteiger partial charge < -0.3 is 10.3 Å². The topological polar surface area (TPSA) is 43.8 Å². The lowest BCUT2D eigenvalue weighted by atomic mass is 10.1. The zero-order chi connectivity index (χ0) is 11.7. The Morgan fingerprint density at radius 2 is 2.06 bits per heavy atom. The molecule has 0 spiro atoms. The molecule has 2 aromatic rings. The third-order valence-electron chi connectivity index (χ3n) is 2.99. The van der Waals surface area contributed by atoms with E-state index < -0.39 is 0 Å². The number of hydrogen-bond acceptors (Lipinski definition) is 2. The molecule has 0 bridgehead atoms. The van der Waals surface area contributed by atoms with Gasteiger partial charge in [0.2, 0.25) is 5.95 Å². The highest BCUT2D eigenvalue weighted by Gasteiger charge is 2.14. The van der Waals surface area contributed by atoms with E-state index >= 15 is 0 Å². The van der Waals surface area contributed by atoms with Crippen LogP contribution in [0.3, 0.4) is 0 Å². The van der Waals surface area contributed by atoms with Gasteiger partial charge in [-0.2, -0.15) is 0 Å². The van der Waals surface area contributed by atoms with Crippen molar-refractivity contribution in [3.05, 3.63) is 21.8 Å². The number of nitrogens with zero attached hydrogens (tertiary/aromatic N) is 2. The van der Waals surface area contributed by atoms with E-state index in [-0.39, 0.29) is 0 Å². The zero-order valence-electron chi connectivity index (χ0n) is 9.57. The molecule has 16 heavy (non-hydrogen) atoms. The number of nitrogen functional groups attached to an aromatic ring is 1. The number of nitrogens with two attached hydrogens (primary N) is 1. The second kappa shape index (κ2) is 4.61. The summed E-state index contributed by atoms with van der Waals surface area (Å²) in [6.45, 7) is 4.37. The summed E-state index contributed by atoms with van der Waals surface area (Å²) in [4.78, 5) is 4.43. The molecule has 0 fully saturated rings. The number of rotatable bonds is 3. The minimum atomic E-state index is 0.449. The van der Waals surface area contributed by atoms with Crippen LogP contribution >= 0.6 is 22.6 Å². The van der Waals surface area contributed by atoms with E-state index in [2.05, 4.69) is 64.2 Å². The van der Waals surface area contributed by atoms with Crippen LogP contribution in [0.4, 0.5) is 5.95 Å². The van der Waals surface area contributed by atoms with Gasteiger partial charge in [0, 0.05) is 9.61 Å². The first-order valence-electron chi connectivity index (χ1n) is 5.60. The predicted octanol–water partition coefficient (Wildman–Crippen LogP) is 3.58. The maximum atomic E-state index is 6.00. The first-order valence-corrected chi connectivity index (χ1v) is 6.68. The lowest BCUT2D eigenvalue weighted by Crippen LogP contribution is -2.10. The van der Waals surface area contributed by atoms with Gasteiger partial charge in [-0.3, -0.25) is 0 Å². The summed E-state index contributed by atoms with van der Waals surface area (Å²) < 4.78 is 3.35. The smallest absolute Gasteiger partial charge is 0.201 e. The van der Waals surface area contributed by atoms with Crippen molar-refractivity contribution in [1.29, 1.82) is 0 Å². The third kappa shape index (κ3) is 1.90. The molecule has 0 saturated heterocycles. The Kier molecular flexibility index (Phi) is 3.37. The van der Waals surface area contributed by atoms with Crippen LogP contribution in [0.15, 0.2) is 18.2 Å². The lowest BCUT2D eigenvalue weighted by Gasteiger charge is -2.16. The summed E-state index contributed by atoms with van der Waals surface area (Å²) >= 11 is 2.29. The first-order chi connectivity index (χ1) is 7.67. The maximum absolute atomic E-state index is 6.00. The Balaban J connectivity index is 2.64. The van der Waals surface area contributed by atoms with E-state index in [4.69, 9.17) is 5.73 Å². The van der Waals surface area contributed by atoms with Crippen molar-refractivity contribution in [2.24, 2.45) is 0 Å². The molecule has 1 aromatic carbocycles. The van der Waals surface area contributed by atoms with E-state index in [9.17, 15) is 0 Å². The standard InChI is InChI=1S/C12H16IN3/c1-3-9(4-2)16-11-6-5-8(13)7-10(11)15-12(16)14/h5-7,9H,3-4H2,1-2H3,(H2,14,15). The quantitative estimate of drug-likeness (QED) is 0.875. The highest BCUT2D eigenvalue weighted by molar-refractivity contribution is 14.1. The van der Waals surface area contributed by atoms with Crippen molar-refractivity contribution in [3.8, 4) is 0 Å². The summed E-state index contributed by atoms with van der Waals surface area (Å²) in [5.41, 5.74) is 8.15. The minimum absolute atomic E-state index is 0.449. The summed E-state index contributed by atoms with van der Waals surface area (Å²) in [5, 5.41) is 0. The van der Waals surface area contributed by atoms with Crippen molar-refractivity contribution < 1.29 is 0 Å². The third-order valence-corrected chi connectivity index (χ3v) is 3.66. The number of imidazole rings is 1. The van der Waals surface area contributed by atoms with Gasteiger partial charge in [0.25, 0.3) is 0 Å². The van der Waals surface area contributed by atoms with E-state index in [1.54, 1.807) is 0 Å². The molecule has 0 unspecified atom stereocenters. The normalized spacial score (nSPS) is 11.5. The molecular formula is C12H16IN3. The van der Waals surface area contributed by atoms with Crippen LogP contribution in [0.2, 0.25) is 0 Å². The maximum Gasteiger partial charge on any atom is 0.201 e. The van der Waals surface area contributed by atoms with Crippen LogP contribution in [-0.2, 0) is 0 Å². The van der Waals surface area contributed by atoms with Gasteiger partial charge in [-0.1, -0.05) is 13.8 Å². The molecule has 86 valence electrons. The summed E-state index contributed by atoms with van der Waals surface area (Å²) in [6.07, 6.45) is 2.16. The molecule has 0 atom stereocenters. The molecule has 2 rings (SSSR count). The van der Waals surface area contributed by atoms with Crippen LogP contribution in [-0.4, -0.2) is 9.55 Å². The molecule has 1 heterocycles. The molecule has 0 amide bonds. The van der Waals surface area contributed by atoms with Crippen molar-refractivity contribution in [2.75, 3.05) is 5.73 Å².